The van der Waals surface area contributed by atoms with Crippen LogP contribution in [0.2, 0.25) is 0 Å². The van der Waals surface area contributed by atoms with Crippen LogP contribution in [-0.2, 0) is 0 Å². The van der Waals surface area contributed by atoms with Gasteiger partial charge in [0.2, 0.25) is 0 Å². The quantitative estimate of drug-likeness (QED) is 0.0959. The maximum Gasteiger partial charge on any atom is 0.126 e. The van der Waals surface area contributed by atoms with E-state index >= 15 is 0 Å². The van der Waals surface area contributed by atoms with Gasteiger partial charge in [0, 0.05) is 21.6 Å². The standard InChI is InChI=1S/C11H14O.C10H12O.3C9H10O.C9H10S/c1-3-9-12-11-8-6-5-7-10(11)4-2;1-3-9-7-5-6-8-10(9)11-4-2;1-3-8-4-6-9(10-2)7-5-8;1-3-8-5-4-6-9(7-8)10-2;1-3-8-6-4-5-7-9(8)10-2;1-3-8-4-6-9(10-2)7-5-8/h4-8H,2-3,9H2,1H3;3,5-8H,1,4H2,2H3;4*3-7H,1H2,2H3. The summed E-state index contributed by atoms with van der Waals surface area (Å²) < 4.78 is 25.9. The van der Waals surface area contributed by atoms with Crippen molar-refractivity contribution in [2.45, 2.75) is 25.2 Å². The van der Waals surface area contributed by atoms with Gasteiger partial charge in [-0.25, -0.2) is 0 Å². The van der Waals surface area contributed by atoms with Crippen molar-refractivity contribution in [2.75, 3.05) is 40.8 Å². The molecule has 0 fully saturated rings. The summed E-state index contributed by atoms with van der Waals surface area (Å²) in [5.74, 6) is 4.46. The summed E-state index contributed by atoms with van der Waals surface area (Å²) in [6.07, 6.45) is 13.9. The molecule has 0 bridgehead atoms. The highest BCUT2D eigenvalue weighted by Gasteiger charge is 1.98. The molecule has 6 rings (SSSR count). The smallest absolute Gasteiger partial charge is 0.126 e. The lowest BCUT2D eigenvalue weighted by Crippen LogP contribution is -1.96. The number of benzene rings is 6. The van der Waals surface area contributed by atoms with Gasteiger partial charge < -0.3 is 23.7 Å². The van der Waals surface area contributed by atoms with Gasteiger partial charge in [-0.2, -0.15) is 0 Å². The van der Waals surface area contributed by atoms with Gasteiger partial charge in [0.05, 0.1) is 34.5 Å². The second-order valence-corrected chi connectivity index (χ2v) is 13.5. The van der Waals surface area contributed by atoms with E-state index in [4.69, 9.17) is 23.7 Å². The summed E-state index contributed by atoms with van der Waals surface area (Å²) in [4.78, 5) is 1.30. The highest BCUT2D eigenvalue weighted by atomic mass is 32.2. The first-order chi connectivity index (χ1) is 30.7. The number of rotatable bonds is 15. The van der Waals surface area contributed by atoms with Crippen molar-refractivity contribution in [2.24, 2.45) is 0 Å². The number of hydrogen-bond donors (Lipinski definition) is 0. The van der Waals surface area contributed by atoms with Crippen LogP contribution >= 0.6 is 11.8 Å². The fourth-order valence-electron chi connectivity index (χ4n) is 5.01. The summed E-state index contributed by atoms with van der Waals surface area (Å²) in [7, 11) is 4.97. The van der Waals surface area contributed by atoms with E-state index < -0.39 is 0 Å². The molecule has 0 aliphatic rings. The molecule has 0 saturated heterocycles. The zero-order valence-electron chi connectivity index (χ0n) is 38.1. The van der Waals surface area contributed by atoms with E-state index in [9.17, 15) is 0 Å². The predicted octanol–water partition coefficient (Wildman–Crippen LogP) is 15.9. The van der Waals surface area contributed by atoms with Gasteiger partial charge in [-0.05, 0) is 90.9 Å². The molecule has 6 aromatic rings. The Morgan fingerprint density at radius 1 is 0.429 bits per heavy atom. The van der Waals surface area contributed by atoms with E-state index in [0.717, 1.165) is 69.6 Å². The van der Waals surface area contributed by atoms with Crippen LogP contribution in [0.3, 0.4) is 0 Å². The summed E-state index contributed by atoms with van der Waals surface area (Å²) in [6, 6.07) is 47.4. The molecular formula is C57H66O5S. The lowest BCUT2D eigenvalue weighted by Gasteiger charge is -2.06. The van der Waals surface area contributed by atoms with E-state index in [2.05, 4.69) is 76.9 Å². The monoisotopic (exact) mass is 862 g/mol. The van der Waals surface area contributed by atoms with Gasteiger partial charge in [-0.15, -0.1) is 11.8 Å². The third-order valence-electron chi connectivity index (χ3n) is 8.43. The highest BCUT2D eigenvalue weighted by molar-refractivity contribution is 7.98. The topological polar surface area (TPSA) is 46.2 Å². The Morgan fingerprint density at radius 3 is 1.27 bits per heavy atom. The van der Waals surface area contributed by atoms with Gasteiger partial charge in [0.15, 0.2) is 0 Å². The first-order valence-electron chi connectivity index (χ1n) is 20.5. The van der Waals surface area contributed by atoms with Crippen LogP contribution in [0.5, 0.6) is 28.7 Å². The van der Waals surface area contributed by atoms with E-state index in [1.807, 2.05) is 140 Å². The SMILES string of the molecule is C=Cc1ccc(OC)cc1.C=Cc1ccc(SC)cc1.C=Cc1cccc(OC)c1.C=Cc1ccccc1OC.C=Cc1ccccc1OCC.C=Cc1ccccc1OCCC. The van der Waals surface area contributed by atoms with E-state index in [1.165, 1.54) is 10.5 Å². The Hall–Kier alpha value is -6.89. The second kappa shape index (κ2) is 34.8. The van der Waals surface area contributed by atoms with Crippen molar-refractivity contribution >= 4 is 48.2 Å². The third-order valence-corrected chi connectivity index (χ3v) is 9.17. The summed E-state index contributed by atoms with van der Waals surface area (Å²) >= 11 is 1.75. The molecule has 6 heteroatoms. The Bertz CT molecular complexity index is 2140. The minimum atomic E-state index is 0.699. The highest BCUT2D eigenvalue weighted by Crippen LogP contribution is 2.20. The molecule has 0 radical (unpaired) electrons. The third kappa shape index (κ3) is 22.5. The molecule has 0 aliphatic carbocycles. The number of para-hydroxylation sites is 3. The molecule has 0 amide bonds. The van der Waals surface area contributed by atoms with E-state index in [-0.39, 0.29) is 0 Å². The predicted molar refractivity (Wildman–Crippen MR) is 278 cm³/mol. The zero-order valence-corrected chi connectivity index (χ0v) is 39.0. The van der Waals surface area contributed by atoms with Gasteiger partial charge in [-0.3, -0.25) is 0 Å². The van der Waals surface area contributed by atoms with Crippen molar-refractivity contribution in [3.63, 3.8) is 0 Å². The number of ether oxygens (including phenoxy) is 5. The zero-order chi connectivity index (χ0) is 46.5. The molecule has 0 aromatic heterocycles. The van der Waals surface area contributed by atoms with Gasteiger partial charge >= 0.3 is 0 Å². The number of thioether (sulfide) groups is 1. The molecule has 5 nitrogen and oxygen atoms in total. The Kier molecular flexibility index (Phi) is 29.9. The molecule has 0 unspecified atom stereocenters. The first kappa shape index (κ1) is 54.1. The van der Waals surface area contributed by atoms with Gasteiger partial charge in [-0.1, -0.05) is 174 Å². The number of hydrogen-bond acceptors (Lipinski definition) is 6. The maximum absolute atomic E-state index is 5.51. The van der Waals surface area contributed by atoms with Crippen molar-refractivity contribution in [1.29, 1.82) is 0 Å². The van der Waals surface area contributed by atoms with Crippen molar-refractivity contribution in [3.05, 3.63) is 218 Å². The molecule has 0 aliphatic heterocycles. The van der Waals surface area contributed by atoms with Crippen LogP contribution in [0.4, 0.5) is 0 Å². The van der Waals surface area contributed by atoms with Crippen LogP contribution < -0.4 is 23.7 Å². The van der Waals surface area contributed by atoms with Crippen molar-refractivity contribution < 1.29 is 23.7 Å². The summed E-state index contributed by atoms with van der Waals surface area (Å²) in [6.45, 7) is 27.6. The Morgan fingerprint density at radius 2 is 0.873 bits per heavy atom. The van der Waals surface area contributed by atoms with Crippen LogP contribution in [-0.4, -0.2) is 40.8 Å². The molecule has 6 aromatic carbocycles. The Labute approximate surface area is 383 Å². The number of methoxy groups -OCH3 is 3. The fourth-order valence-corrected chi connectivity index (χ4v) is 5.42. The molecule has 0 heterocycles. The molecule has 330 valence electrons. The second-order valence-electron chi connectivity index (χ2n) is 12.6. The average Bonchev–Trinajstić information content (AvgIpc) is 3.37. The lowest BCUT2D eigenvalue weighted by molar-refractivity contribution is 0.317. The minimum Gasteiger partial charge on any atom is -0.497 e. The van der Waals surface area contributed by atoms with Crippen molar-refractivity contribution in [3.8, 4) is 28.7 Å². The molecule has 0 atom stereocenters. The van der Waals surface area contributed by atoms with E-state index in [1.54, 1.807) is 57.4 Å². The first-order valence-corrected chi connectivity index (χ1v) is 21.7. The fraction of sp³-hybridized carbons (Fsp3) is 0.158. The van der Waals surface area contributed by atoms with E-state index in [0.29, 0.717) is 6.61 Å². The lowest BCUT2D eigenvalue weighted by atomic mass is 10.2. The summed E-state index contributed by atoms with van der Waals surface area (Å²) in [5.41, 5.74) is 6.52. The molecule has 0 N–H and O–H groups in total. The molecular weight excluding hydrogens is 797 g/mol. The van der Waals surface area contributed by atoms with Gasteiger partial charge in [0.1, 0.15) is 28.7 Å². The van der Waals surface area contributed by atoms with Crippen LogP contribution in [0.15, 0.2) is 190 Å². The maximum atomic E-state index is 5.51. The Balaban J connectivity index is 0.000000378. The molecule has 0 spiro atoms. The van der Waals surface area contributed by atoms with Crippen LogP contribution in [0.25, 0.3) is 36.5 Å². The van der Waals surface area contributed by atoms with Crippen LogP contribution in [0.1, 0.15) is 53.6 Å². The van der Waals surface area contributed by atoms with Gasteiger partial charge in [0.25, 0.3) is 0 Å². The molecule has 0 saturated carbocycles. The molecule has 63 heavy (non-hydrogen) atoms. The normalized spacial score (nSPS) is 9.11. The van der Waals surface area contributed by atoms with Crippen LogP contribution in [0, 0.1) is 0 Å². The largest absolute Gasteiger partial charge is 0.497 e. The minimum absolute atomic E-state index is 0.699. The van der Waals surface area contributed by atoms with Crippen molar-refractivity contribution in [1.82, 2.24) is 0 Å². The summed E-state index contributed by atoms with van der Waals surface area (Å²) in [5, 5.41) is 0. The average molecular weight is 863 g/mol.